The number of carboxylic acids is 1. The Morgan fingerprint density at radius 3 is 2.70 bits per heavy atom. The van der Waals surface area contributed by atoms with Gasteiger partial charge in [0, 0.05) is 10.0 Å². The molecule has 0 saturated carbocycles. The first-order chi connectivity index (χ1) is 9.47. The van der Waals surface area contributed by atoms with E-state index in [1.165, 1.54) is 30.3 Å². The molecule has 0 radical (unpaired) electrons. The molecule has 0 aromatic heterocycles. The van der Waals surface area contributed by atoms with Crippen molar-refractivity contribution in [3.63, 3.8) is 0 Å². The fourth-order valence-electron chi connectivity index (χ4n) is 1.62. The predicted molar refractivity (Wildman–Crippen MR) is 76.2 cm³/mol. The molecule has 0 bridgehead atoms. The van der Waals surface area contributed by atoms with Gasteiger partial charge in [-0.15, -0.1) is 0 Å². The molecule has 4 nitrogen and oxygen atoms in total. The second-order valence-electron chi connectivity index (χ2n) is 4.08. The van der Waals surface area contributed by atoms with E-state index in [0.29, 0.717) is 11.3 Å². The monoisotopic (exact) mass is 339 g/mol. The Balaban J connectivity index is 2.15. The number of nitrogens with two attached hydrogens (primary N) is 1. The van der Waals surface area contributed by atoms with E-state index in [4.69, 9.17) is 15.6 Å². The molecule has 3 N–H and O–H groups in total. The molecule has 2 rings (SSSR count). The third-order valence-corrected chi connectivity index (χ3v) is 3.42. The number of carbonyl (C=O) groups is 1. The van der Waals surface area contributed by atoms with Crippen molar-refractivity contribution in [3.05, 3.63) is 57.8 Å². The molecule has 2 aromatic rings. The fourth-order valence-corrected chi connectivity index (χ4v) is 1.98. The van der Waals surface area contributed by atoms with Crippen molar-refractivity contribution in [1.82, 2.24) is 0 Å². The van der Waals surface area contributed by atoms with E-state index in [2.05, 4.69) is 15.9 Å². The molecular weight excluding hydrogens is 329 g/mol. The van der Waals surface area contributed by atoms with Crippen LogP contribution in [0.3, 0.4) is 0 Å². The molecule has 0 saturated heterocycles. The number of hydrogen-bond donors (Lipinski definition) is 2. The molecule has 0 aliphatic carbocycles. The van der Waals surface area contributed by atoms with Gasteiger partial charge in [0.15, 0.2) is 0 Å². The summed E-state index contributed by atoms with van der Waals surface area (Å²) in [6.45, 7) is 0.120. The number of halogens is 2. The number of aromatic carboxylic acids is 1. The summed E-state index contributed by atoms with van der Waals surface area (Å²) in [4.78, 5) is 10.8. The second-order valence-corrected chi connectivity index (χ2v) is 4.94. The molecular formula is C14H11BrFNO3. The van der Waals surface area contributed by atoms with E-state index in [0.717, 1.165) is 4.47 Å². The van der Waals surface area contributed by atoms with E-state index in [1.54, 1.807) is 6.07 Å². The van der Waals surface area contributed by atoms with Crippen molar-refractivity contribution in [2.45, 2.75) is 6.61 Å². The first-order valence-electron chi connectivity index (χ1n) is 5.67. The molecule has 0 aliphatic heterocycles. The average molecular weight is 340 g/mol. The Kier molecular flexibility index (Phi) is 4.24. The van der Waals surface area contributed by atoms with Crippen LogP contribution in [-0.4, -0.2) is 11.1 Å². The minimum absolute atomic E-state index is 0.0850. The molecule has 20 heavy (non-hydrogen) atoms. The lowest BCUT2D eigenvalue weighted by atomic mass is 10.2. The third-order valence-electron chi connectivity index (χ3n) is 2.65. The normalized spacial score (nSPS) is 10.3. The SMILES string of the molecule is Nc1cc(C(=O)O)ccc1OCc1cc(F)ccc1Br. The van der Waals surface area contributed by atoms with Crippen LogP contribution >= 0.6 is 15.9 Å². The van der Waals surface area contributed by atoms with Gasteiger partial charge in [0.25, 0.3) is 0 Å². The zero-order valence-electron chi connectivity index (χ0n) is 10.3. The number of benzene rings is 2. The predicted octanol–water partition coefficient (Wildman–Crippen LogP) is 3.45. The average Bonchev–Trinajstić information content (AvgIpc) is 2.40. The lowest BCUT2D eigenvalue weighted by Crippen LogP contribution is -2.02. The summed E-state index contributed by atoms with van der Waals surface area (Å²) in [6.07, 6.45) is 0. The molecule has 0 atom stereocenters. The van der Waals surface area contributed by atoms with Crippen LogP contribution in [-0.2, 0) is 6.61 Å². The summed E-state index contributed by atoms with van der Waals surface area (Å²) in [6, 6.07) is 8.47. The lowest BCUT2D eigenvalue weighted by molar-refractivity contribution is 0.0697. The van der Waals surface area contributed by atoms with Gasteiger partial charge < -0.3 is 15.6 Å². The first kappa shape index (κ1) is 14.3. The summed E-state index contributed by atoms with van der Waals surface area (Å²) >= 11 is 3.30. The Morgan fingerprint density at radius 2 is 2.05 bits per heavy atom. The number of hydrogen-bond acceptors (Lipinski definition) is 3. The van der Waals surface area contributed by atoms with E-state index >= 15 is 0 Å². The van der Waals surface area contributed by atoms with Gasteiger partial charge in [-0.1, -0.05) is 15.9 Å². The third kappa shape index (κ3) is 3.27. The Hall–Kier alpha value is -2.08. The van der Waals surface area contributed by atoms with Crippen LogP contribution in [0.5, 0.6) is 5.75 Å². The van der Waals surface area contributed by atoms with Gasteiger partial charge in [-0.2, -0.15) is 0 Å². The number of anilines is 1. The quantitative estimate of drug-likeness (QED) is 0.837. The molecule has 0 fully saturated rings. The van der Waals surface area contributed by atoms with Crippen LogP contribution in [0.2, 0.25) is 0 Å². The first-order valence-corrected chi connectivity index (χ1v) is 6.46. The van der Waals surface area contributed by atoms with Gasteiger partial charge in [0.1, 0.15) is 18.2 Å². The lowest BCUT2D eigenvalue weighted by Gasteiger charge is -2.10. The summed E-state index contributed by atoms with van der Waals surface area (Å²) < 4.78 is 19.3. The maximum absolute atomic E-state index is 13.1. The van der Waals surface area contributed by atoms with E-state index in [-0.39, 0.29) is 23.7 Å². The maximum Gasteiger partial charge on any atom is 0.335 e. The van der Waals surface area contributed by atoms with Crippen LogP contribution < -0.4 is 10.5 Å². The van der Waals surface area contributed by atoms with Crippen LogP contribution in [0.1, 0.15) is 15.9 Å². The van der Waals surface area contributed by atoms with E-state index in [1.807, 2.05) is 0 Å². The standard InChI is InChI=1S/C14H11BrFNO3/c15-11-3-2-10(16)5-9(11)7-20-13-4-1-8(14(18)19)6-12(13)17/h1-6H,7,17H2,(H,18,19). The zero-order chi connectivity index (χ0) is 14.7. The fraction of sp³-hybridized carbons (Fsp3) is 0.0714. The summed E-state index contributed by atoms with van der Waals surface area (Å²) in [5.74, 6) is -1.07. The van der Waals surface area contributed by atoms with Gasteiger partial charge >= 0.3 is 5.97 Å². The van der Waals surface area contributed by atoms with Gasteiger partial charge in [-0.3, -0.25) is 0 Å². The van der Waals surface area contributed by atoms with Crippen LogP contribution in [0.4, 0.5) is 10.1 Å². The second kappa shape index (κ2) is 5.92. The summed E-state index contributed by atoms with van der Waals surface area (Å²) in [5.41, 5.74) is 6.65. The molecule has 6 heteroatoms. The summed E-state index contributed by atoms with van der Waals surface area (Å²) in [5, 5.41) is 8.83. The molecule has 2 aromatic carbocycles. The van der Waals surface area contributed by atoms with Crippen molar-refractivity contribution >= 4 is 27.6 Å². The van der Waals surface area contributed by atoms with Crippen molar-refractivity contribution in [2.24, 2.45) is 0 Å². The largest absolute Gasteiger partial charge is 0.487 e. The van der Waals surface area contributed by atoms with Crippen LogP contribution in [0.25, 0.3) is 0 Å². The van der Waals surface area contributed by atoms with Crippen molar-refractivity contribution < 1.29 is 19.0 Å². The Labute approximate surface area is 123 Å². The van der Waals surface area contributed by atoms with Gasteiger partial charge in [0.05, 0.1) is 11.3 Å². The molecule has 104 valence electrons. The van der Waals surface area contributed by atoms with E-state index < -0.39 is 5.97 Å². The molecule has 0 amide bonds. The topological polar surface area (TPSA) is 72.6 Å². The highest BCUT2D eigenvalue weighted by molar-refractivity contribution is 9.10. The highest BCUT2D eigenvalue weighted by Crippen LogP contribution is 2.25. The van der Waals surface area contributed by atoms with Crippen LogP contribution in [0, 0.1) is 5.82 Å². The molecule has 0 heterocycles. The van der Waals surface area contributed by atoms with Crippen molar-refractivity contribution in [3.8, 4) is 5.75 Å². The van der Waals surface area contributed by atoms with Gasteiger partial charge in [-0.05, 0) is 36.4 Å². The van der Waals surface area contributed by atoms with E-state index in [9.17, 15) is 9.18 Å². The summed E-state index contributed by atoms with van der Waals surface area (Å²) in [7, 11) is 0. The number of nitrogen functional groups attached to an aromatic ring is 1. The number of carboxylic acid groups (broad SMARTS) is 1. The number of rotatable bonds is 4. The Bertz CT molecular complexity index is 661. The molecule has 0 spiro atoms. The van der Waals surface area contributed by atoms with Crippen molar-refractivity contribution in [2.75, 3.05) is 5.73 Å². The molecule has 0 aliphatic rings. The zero-order valence-corrected chi connectivity index (χ0v) is 11.9. The maximum atomic E-state index is 13.1. The van der Waals surface area contributed by atoms with Gasteiger partial charge in [-0.25, -0.2) is 9.18 Å². The molecule has 0 unspecified atom stereocenters. The van der Waals surface area contributed by atoms with Crippen LogP contribution in [0.15, 0.2) is 40.9 Å². The Morgan fingerprint density at radius 1 is 1.30 bits per heavy atom. The minimum Gasteiger partial charge on any atom is -0.487 e. The number of ether oxygens (including phenoxy) is 1. The van der Waals surface area contributed by atoms with Crippen molar-refractivity contribution in [1.29, 1.82) is 0 Å². The van der Waals surface area contributed by atoms with Gasteiger partial charge in [0.2, 0.25) is 0 Å². The highest BCUT2D eigenvalue weighted by Gasteiger charge is 2.08. The minimum atomic E-state index is -1.06. The smallest absolute Gasteiger partial charge is 0.335 e. The highest BCUT2D eigenvalue weighted by atomic mass is 79.9.